The number of pyridine rings is 1. The van der Waals surface area contributed by atoms with Crippen molar-refractivity contribution in [1.29, 1.82) is 5.26 Å². The predicted molar refractivity (Wildman–Crippen MR) is 129 cm³/mol. The molecule has 0 unspecified atom stereocenters. The number of rotatable bonds is 4. The molecule has 1 amide bonds. The Balaban J connectivity index is 1.75. The number of carbonyl (C=O) groups is 1. The molecule has 33 heavy (non-hydrogen) atoms. The van der Waals surface area contributed by atoms with Gasteiger partial charge in [-0.2, -0.15) is 10.4 Å². The Kier molecular flexibility index (Phi) is 5.15. The highest BCUT2D eigenvalue weighted by Crippen LogP contribution is 2.44. The highest BCUT2D eigenvalue weighted by molar-refractivity contribution is 7.19. The molecule has 0 atom stereocenters. The molecule has 0 saturated heterocycles. The first-order valence-corrected chi connectivity index (χ1v) is 11.3. The maximum Gasteiger partial charge on any atom is 0.223 e. The van der Waals surface area contributed by atoms with Crippen molar-refractivity contribution in [3.63, 3.8) is 0 Å². The molecule has 3 aromatic heterocycles. The van der Waals surface area contributed by atoms with E-state index in [0.717, 1.165) is 57.3 Å². The number of nitrogens with one attached hydrogen (secondary N) is 1. The van der Waals surface area contributed by atoms with Crippen LogP contribution in [0.15, 0.2) is 42.7 Å². The number of hydrogen-bond donors (Lipinski definition) is 1. The van der Waals surface area contributed by atoms with E-state index in [2.05, 4.69) is 21.4 Å². The summed E-state index contributed by atoms with van der Waals surface area (Å²) in [5.74, 6) is -0.145. The van der Waals surface area contributed by atoms with Crippen LogP contribution in [-0.2, 0) is 17.6 Å². The van der Waals surface area contributed by atoms with E-state index in [4.69, 9.17) is 5.10 Å². The summed E-state index contributed by atoms with van der Waals surface area (Å²) in [4.78, 5) is 23.5. The Morgan fingerprint density at radius 2 is 2.12 bits per heavy atom. The molecule has 8 nitrogen and oxygen atoms in total. The molecule has 3 heterocycles. The zero-order chi connectivity index (χ0) is 23.1. The SMILES string of the molecule is CC(=O)Nc1nc2c(s1)-c1c(c(-c3cccnc3)nn1-c1ccc(C#N)c(N(C)C)c1)CC2. The Morgan fingerprint density at radius 1 is 1.27 bits per heavy atom. The van der Waals surface area contributed by atoms with E-state index in [1.54, 1.807) is 6.20 Å². The second-order valence-electron chi connectivity index (χ2n) is 8.01. The van der Waals surface area contributed by atoms with Crippen LogP contribution in [0.5, 0.6) is 0 Å². The number of amides is 1. The lowest BCUT2D eigenvalue weighted by Gasteiger charge is -2.17. The van der Waals surface area contributed by atoms with Gasteiger partial charge >= 0.3 is 0 Å². The van der Waals surface area contributed by atoms with Gasteiger partial charge in [0.25, 0.3) is 0 Å². The molecule has 9 heteroatoms. The molecule has 1 aromatic carbocycles. The number of aryl methyl sites for hydroxylation is 1. The van der Waals surface area contributed by atoms with E-state index < -0.39 is 0 Å². The van der Waals surface area contributed by atoms with Gasteiger partial charge in [-0.1, -0.05) is 11.3 Å². The van der Waals surface area contributed by atoms with Crippen molar-refractivity contribution in [2.24, 2.45) is 0 Å². The van der Waals surface area contributed by atoms with Crippen LogP contribution in [0.25, 0.3) is 27.5 Å². The number of nitriles is 1. The van der Waals surface area contributed by atoms with Crippen LogP contribution >= 0.6 is 11.3 Å². The largest absolute Gasteiger partial charge is 0.377 e. The molecule has 0 radical (unpaired) electrons. The van der Waals surface area contributed by atoms with E-state index in [-0.39, 0.29) is 5.91 Å². The third-order valence-electron chi connectivity index (χ3n) is 5.55. The van der Waals surface area contributed by atoms with Gasteiger partial charge in [-0.05, 0) is 43.2 Å². The summed E-state index contributed by atoms with van der Waals surface area (Å²) in [6.45, 7) is 1.48. The number of nitrogens with zero attached hydrogens (tertiary/aromatic N) is 6. The summed E-state index contributed by atoms with van der Waals surface area (Å²) < 4.78 is 1.93. The van der Waals surface area contributed by atoms with Crippen molar-refractivity contribution in [3.8, 4) is 33.6 Å². The van der Waals surface area contributed by atoms with Crippen LogP contribution < -0.4 is 10.2 Å². The molecule has 5 rings (SSSR count). The second kappa shape index (κ2) is 8.15. The smallest absolute Gasteiger partial charge is 0.223 e. The van der Waals surface area contributed by atoms with Gasteiger partial charge in [0.2, 0.25) is 5.91 Å². The summed E-state index contributed by atoms with van der Waals surface area (Å²) in [7, 11) is 3.83. The first-order valence-electron chi connectivity index (χ1n) is 10.5. The fourth-order valence-corrected chi connectivity index (χ4v) is 5.23. The molecular formula is C24H21N7OS. The van der Waals surface area contributed by atoms with Crippen LogP contribution in [-0.4, -0.2) is 39.8 Å². The monoisotopic (exact) mass is 455 g/mol. The van der Waals surface area contributed by atoms with E-state index >= 15 is 0 Å². The first kappa shape index (κ1) is 20.8. The Morgan fingerprint density at radius 3 is 2.82 bits per heavy atom. The average molecular weight is 456 g/mol. The summed E-state index contributed by atoms with van der Waals surface area (Å²) in [5.41, 5.74) is 7.16. The van der Waals surface area contributed by atoms with Gasteiger partial charge in [0.05, 0.1) is 38.9 Å². The minimum atomic E-state index is -0.145. The Bertz CT molecular complexity index is 1410. The van der Waals surface area contributed by atoms with E-state index in [1.807, 2.05) is 60.2 Å². The van der Waals surface area contributed by atoms with Crippen LogP contribution in [0.1, 0.15) is 23.7 Å². The number of carbonyl (C=O) groups excluding carboxylic acids is 1. The number of fused-ring (bicyclic) bond motifs is 3. The van der Waals surface area contributed by atoms with Crippen molar-refractivity contribution in [2.45, 2.75) is 19.8 Å². The van der Waals surface area contributed by atoms with Gasteiger partial charge in [0.1, 0.15) is 6.07 Å². The standard InChI is InChI=1S/C24H21N7OS/c1-14(32)27-24-28-19-9-8-18-21(16-5-4-10-26-13-16)29-31(22(18)23(19)33-24)17-7-6-15(12-25)20(11-17)30(2)3/h4-7,10-11,13H,8-9H2,1-3H3,(H,27,28,32). The zero-order valence-corrected chi connectivity index (χ0v) is 19.3. The molecule has 0 aliphatic heterocycles. The lowest BCUT2D eigenvalue weighted by molar-refractivity contribution is -0.114. The number of benzene rings is 1. The minimum Gasteiger partial charge on any atom is -0.377 e. The maximum absolute atomic E-state index is 11.6. The summed E-state index contributed by atoms with van der Waals surface area (Å²) in [5, 5.41) is 18.0. The number of anilines is 2. The molecule has 0 saturated carbocycles. The average Bonchev–Trinajstić information content (AvgIpc) is 3.39. The molecule has 1 N–H and O–H groups in total. The van der Waals surface area contributed by atoms with Crippen molar-refractivity contribution in [2.75, 3.05) is 24.3 Å². The Labute approximate surface area is 195 Å². The fourth-order valence-electron chi connectivity index (χ4n) is 4.11. The van der Waals surface area contributed by atoms with Crippen LogP contribution in [0.3, 0.4) is 0 Å². The number of aromatic nitrogens is 4. The molecule has 164 valence electrons. The third-order valence-corrected chi connectivity index (χ3v) is 6.57. The minimum absolute atomic E-state index is 0.145. The van der Waals surface area contributed by atoms with Gasteiger partial charge in [-0.3, -0.25) is 9.78 Å². The fraction of sp³-hybridized carbons (Fsp3) is 0.208. The van der Waals surface area contributed by atoms with Crippen molar-refractivity contribution in [1.82, 2.24) is 19.7 Å². The molecule has 0 fully saturated rings. The maximum atomic E-state index is 11.6. The van der Waals surface area contributed by atoms with Crippen LogP contribution in [0.4, 0.5) is 10.8 Å². The molecule has 0 bridgehead atoms. The number of hydrogen-bond acceptors (Lipinski definition) is 7. The lowest BCUT2D eigenvalue weighted by Crippen LogP contribution is -2.12. The van der Waals surface area contributed by atoms with Crippen molar-refractivity contribution >= 4 is 28.1 Å². The van der Waals surface area contributed by atoms with E-state index in [9.17, 15) is 10.1 Å². The molecule has 4 aromatic rings. The molecule has 0 spiro atoms. The predicted octanol–water partition coefficient (Wildman–Crippen LogP) is 4.05. The second-order valence-corrected chi connectivity index (χ2v) is 9.01. The molecule has 1 aliphatic carbocycles. The van der Waals surface area contributed by atoms with Gasteiger partial charge in [0, 0.05) is 44.5 Å². The van der Waals surface area contributed by atoms with E-state index in [1.165, 1.54) is 18.3 Å². The van der Waals surface area contributed by atoms with Gasteiger partial charge in [0.15, 0.2) is 5.13 Å². The molecule has 1 aliphatic rings. The topological polar surface area (TPSA) is 99.7 Å². The van der Waals surface area contributed by atoms with Gasteiger partial charge in [-0.25, -0.2) is 9.67 Å². The quantitative estimate of drug-likeness (QED) is 0.498. The lowest BCUT2D eigenvalue weighted by atomic mass is 9.95. The van der Waals surface area contributed by atoms with Gasteiger partial charge in [-0.15, -0.1) is 0 Å². The normalized spacial score (nSPS) is 11.9. The molecular weight excluding hydrogens is 434 g/mol. The third kappa shape index (κ3) is 3.64. The summed E-state index contributed by atoms with van der Waals surface area (Å²) in [6.07, 6.45) is 5.13. The zero-order valence-electron chi connectivity index (χ0n) is 18.5. The van der Waals surface area contributed by atoms with E-state index in [0.29, 0.717) is 10.7 Å². The first-order chi connectivity index (χ1) is 16.0. The number of thiazole rings is 1. The van der Waals surface area contributed by atoms with Crippen LogP contribution in [0.2, 0.25) is 0 Å². The summed E-state index contributed by atoms with van der Waals surface area (Å²) >= 11 is 1.46. The van der Waals surface area contributed by atoms with Crippen molar-refractivity contribution in [3.05, 3.63) is 59.5 Å². The highest BCUT2D eigenvalue weighted by Gasteiger charge is 2.30. The summed E-state index contributed by atoms with van der Waals surface area (Å²) in [6, 6.07) is 11.9. The Hall–Kier alpha value is -4.03. The van der Waals surface area contributed by atoms with Crippen LogP contribution in [0, 0.1) is 11.3 Å². The van der Waals surface area contributed by atoms with Gasteiger partial charge < -0.3 is 10.2 Å². The highest BCUT2D eigenvalue weighted by atomic mass is 32.1. The van der Waals surface area contributed by atoms with Crippen molar-refractivity contribution < 1.29 is 4.79 Å².